The molecule has 2 fully saturated rings. The van der Waals surface area contributed by atoms with E-state index in [1.165, 1.54) is 19.3 Å². The average molecular weight is 446 g/mol. The predicted molar refractivity (Wildman–Crippen MR) is 122 cm³/mol. The van der Waals surface area contributed by atoms with Gasteiger partial charge in [-0.15, -0.1) is 0 Å². The normalized spacial score (nSPS) is 19.1. The summed E-state index contributed by atoms with van der Waals surface area (Å²) in [6.07, 6.45) is 9.62. The van der Waals surface area contributed by atoms with Crippen LogP contribution in [0.1, 0.15) is 55.8 Å². The van der Waals surface area contributed by atoms with Crippen molar-refractivity contribution >= 4 is 17.5 Å². The number of carbonyl (C=O) groups excluding carboxylic acids is 2. The van der Waals surface area contributed by atoms with Crippen molar-refractivity contribution in [2.24, 2.45) is 5.92 Å². The van der Waals surface area contributed by atoms with Gasteiger partial charge in [-0.1, -0.05) is 30.5 Å². The van der Waals surface area contributed by atoms with Crippen molar-refractivity contribution in [1.29, 1.82) is 0 Å². The fourth-order valence-electron chi connectivity index (χ4n) is 4.63. The van der Waals surface area contributed by atoms with Gasteiger partial charge in [0.2, 0.25) is 11.8 Å². The van der Waals surface area contributed by atoms with E-state index in [1.807, 2.05) is 36.4 Å². The summed E-state index contributed by atoms with van der Waals surface area (Å²) < 4.78 is 5.48. The van der Waals surface area contributed by atoms with E-state index in [0.717, 1.165) is 29.8 Å². The molecule has 3 heterocycles. The Bertz CT molecular complexity index is 1110. The molecule has 8 nitrogen and oxygen atoms in total. The molecule has 3 aromatic rings. The summed E-state index contributed by atoms with van der Waals surface area (Å²) in [6, 6.07) is 11.1. The van der Waals surface area contributed by atoms with E-state index in [0.29, 0.717) is 30.6 Å². The van der Waals surface area contributed by atoms with Crippen molar-refractivity contribution in [1.82, 2.24) is 20.0 Å². The van der Waals surface area contributed by atoms with Gasteiger partial charge in [0.05, 0.1) is 5.92 Å². The minimum atomic E-state index is -0.372. The zero-order valence-corrected chi connectivity index (χ0v) is 18.4. The number of aromatic nitrogens is 3. The van der Waals surface area contributed by atoms with Crippen molar-refractivity contribution < 1.29 is 14.1 Å². The molecule has 5 rings (SSSR count). The van der Waals surface area contributed by atoms with E-state index in [4.69, 9.17) is 4.52 Å². The van der Waals surface area contributed by atoms with Crippen LogP contribution in [0.5, 0.6) is 0 Å². The number of benzene rings is 1. The lowest BCUT2D eigenvalue weighted by Gasteiger charge is -2.17. The molecular formula is C25H27N5O3. The second-order valence-corrected chi connectivity index (χ2v) is 8.90. The van der Waals surface area contributed by atoms with Gasteiger partial charge in [0.1, 0.15) is 0 Å². The average Bonchev–Trinajstić information content (AvgIpc) is 3.48. The van der Waals surface area contributed by atoms with Crippen LogP contribution in [0, 0.1) is 5.92 Å². The Morgan fingerprint density at radius 1 is 1.12 bits per heavy atom. The summed E-state index contributed by atoms with van der Waals surface area (Å²) >= 11 is 0. The third-order valence-electron chi connectivity index (χ3n) is 6.49. The third kappa shape index (κ3) is 4.94. The third-order valence-corrected chi connectivity index (χ3v) is 6.49. The number of pyridine rings is 1. The van der Waals surface area contributed by atoms with Crippen LogP contribution in [0.25, 0.3) is 11.5 Å². The Morgan fingerprint density at radius 2 is 1.94 bits per heavy atom. The summed E-state index contributed by atoms with van der Waals surface area (Å²) in [5.74, 6) is 1.15. The molecule has 0 spiro atoms. The van der Waals surface area contributed by atoms with Crippen LogP contribution in [-0.2, 0) is 16.1 Å². The highest BCUT2D eigenvalue weighted by molar-refractivity contribution is 5.97. The van der Waals surface area contributed by atoms with Crippen LogP contribution in [0.3, 0.4) is 0 Å². The number of nitrogens with one attached hydrogen (secondary N) is 1. The smallest absolute Gasteiger partial charge is 0.257 e. The minimum absolute atomic E-state index is 0.0143. The van der Waals surface area contributed by atoms with E-state index in [1.54, 1.807) is 17.3 Å². The Morgan fingerprint density at radius 3 is 2.70 bits per heavy atom. The highest BCUT2D eigenvalue weighted by Crippen LogP contribution is 2.32. The molecule has 2 aromatic heterocycles. The van der Waals surface area contributed by atoms with E-state index in [-0.39, 0.29) is 24.2 Å². The lowest BCUT2D eigenvalue weighted by Crippen LogP contribution is -2.28. The first-order valence-corrected chi connectivity index (χ1v) is 11.6. The highest BCUT2D eigenvalue weighted by atomic mass is 16.5. The molecule has 8 heteroatoms. The molecular weight excluding hydrogens is 418 g/mol. The SMILES string of the molecule is O=C(Nc1ccc(-c2nc(C3CCCCC3)no2)cc1)C1CC(=O)N(Cc2cccnc2)C1. The van der Waals surface area contributed by atoms with Gasteiger partial charge in [-0.2, -0.15) is 4.98 Å². The van der Waals surface area contributed by atoms with Gasteiger partial charge in [0, 0.05) is 49.1 Å². The van der Waals surface area contributed by atoms with Gasteiger partial charge in [0.15, 0.2) is 5.82 Å². The van der Waals surface area contributed by atoms with Gasteiger partial charge in [0.25, 0.3) is 5.89 Å². The number of likely N-dealkylation sites (tertiary alicyclic amines) is 1. The Hall–Kier alpha value is -3.55. The standard InChI is InChI=1S/C25H27N5O3/c31-22-13-20(16-30(22)15-17-5-4-12-26-14-17)24(32)27-21-10-8-19(9-11-21)25-28-23(29-33-25)18-6-2-1-3-7-18/h4-5,8-12,14,18,20H,1-3,6-7,13,15-16H2,(H,27,32). The monoisotopic (exact) mass is 445 g/mol. The van der Waals surface area contributed by atoms with Gasteiger partial charge in [-0.25, -0.2) is 0 Å². The van der Waals surface area contributed by atoms with Crippen molar-refractivity contribution in [3.63, 3.8) is 0 Å². The number of hydrogen-bond donors (Lipinski definition) is 1. The summed E-state index contributed by atoms with van der Waals surface area (Å²) in [7, 11) is 0. The molecule has 2 aliphatic rings. The van der Waals surface area contributed by atoms with Gasteiger partial charge >= 0.3 is 0 Å². The lowest BCUT2D eigenvalue weighted by atomic mass is 9.89. The Labute approximate surface area is 192 Å². The molecule has 33 heavy (non-hydrogen) atoms. The van der Waals surface area contributed by atoms with E-state index in [9.17, 15) is 9.59 Å². The van der Waals surface area contributed by atoms with E-state index >= 15 is 0 Å². The number of rotatable bonds is 6. The highest BCUT2D eigenvalue weighted by Gasteiger charge is 2.34. The topological polar surface area (TPSA) is 101 Å². The van der Waals surface area contributed by atoms with Crippen LogP contribution in [-0.4, -0.2) is 38.4 Å². The minimum Gasteiger partial charge on any atom is -0.337 e. The number of carbonyl (C=O) groups is 2. The maximum atomic E-state index is 12.7. The largest absolute Gasteiger partial charge is 0.337 e. The van der Waals surface area contributed by atoms with Crippen molar-refractivity contribution in [2.45, 2.75) is 51.0 Å². The van der Waals surface area contributed by atoms with E-state index < -0.39 is 0 Å². The summed E-state index contributed by atoms with van der Waals surface area (Å²) in [5, 5.41) is 7.11. The van der Waals surface area contributed by atoms with Crippen molar-refractivity contribution in [2.75, 3.05) is 11.9 Å². The van der Waals surface area contributed by atoms with Crippen LogP contribution < -0.4 is 5.32 Å². The molecule has 2 amide bonds. The first kappa shape index (κ1) is 21.3. The molecule has 1 unspecified atom stereocenters. The molecule has 1 aliphatic heterocycles. The van der Waals surface area contributed by atoms with Gasteiger partial charge in [-0.05, 0) is 48.7 Å². The maximum Gasteiger partial charge on any atom is 0.257 e. The number of nitrogens with zero attached hydrogens (tertiary/aromatic N) is 4. The molecule has 1 saturated heterocycles. The summed E-state index contributed by atoms with van der Waals surface area (Å²) in [5.41, 5.74) is 2.45. The number of amides is 2. The summed E-state index contributed by atoms with van der Waals surface area (Å²) in [4.78, 5) is 35.5. The molecule has 1 aromatic carbocycles. The van der Waals surface area contributed by atoms with Crippen LogP contribution >= 0.6 is 0 Å². The Balaban J connectivity index is 1.18. The van der Waals surface area contributed by atoms with Gasteiger partial charge in [-0.3, -0.25) is 14.6 Å². The van der Waals surface area contributed by atoms with Crippen molar-refractivity contribution in [3.8, 4) is 11.5 Å². The quantitative estimate of drug-likeness (QED) is 0.611. The second kappa shape index (κ2) is 9.52. The van der Waals surface area contributed by atoms with Crippen LogP contribution in [0.2, 0.25) is 0 Å². The predicted octanol–water partition coefficient (Wildman–Crippen LogP) is 4.17. The fourth-order valence-corrected chi connectivity index (χ4v) is 4.63. The molecule has 1 N–H and O–H groups in total. The number of anilines is 1. The number of hydrogen-bond acceptors (Lipinski definition) is 6. The molecule has 0 radical (unpaired) electrons. The first-order valence-electron chi connectivity index (χ1n) is 11.6. The molecule has 1 aliphatic carbocycles. The molecule has 170 valence electrons. The second-order valence-electron chi connectivity index (χ2n) is 8.90. The summed E-state index contributed by atoms with van der Waals surface area (Å²) in [6.45, 7) is 0.877. The zero-order valence-electron chi connectivity index (χ0n) is 18.4. The van der Waals surface area contributed by atoms with Crippen molar-refractivity contribution in [3.05, 3.63) is 60.2 Å². The molecule has 1 atom stereocenters. The van der Waals surface area contributed by atoms with Gasteiger partial charge < -0.3 is 14.7 Å². The van der Waals surface area contributed by atoms with E-state index in [2.05, 4.69) is 20.4 Å². The lowest BCUT2D eigenvalue weighted by molar-refractivity contribution is -0.128. The van der Waals surface area contributed by atoms with Crippen LogP contribution in [0.4, 0.5) is 5.69 Å². The Kier molecular flexibility index (Phi) is 6.15. The van der Waals surface area contributed by atoms with Crippen LogP contribution in [0.15, 0.2) is 53.3 Å². The fraction of sp³-hybridized carbons (Fsp3) is 0.400. The maximum absolute atomic E-state index is 12.7. The zero-order chi connectivity index (χ0) is 22.6. The molecule has 1 saturated carbocycles. The molecule has 0 bridgehead atoms. The first-order chi connectivity index (χ1) is 16.2.